The zero-order chi connectivity index (χ0) is 19.9. The molecule has 2 aromatic rings. The number of rotatable bonds is 6. The van der Waals surface area contributed by atoms with Crippen LogP contribution in [0, 0.1) is 0 Å². The van der Waals surface area contributed by atoms with Gasteiger partial charge in [-0.15, -0.1) is 0 Å². The van der Waals surface area contributed by atoms with Crippen molar-refractivity contribution in [3.63, 3.8) is 0 Å². The topological polar surface area (TPSA) is 60.9 Å². The average molecular weight is 384 g/mol. The molecule has 1 fully saturated rings. The highest BCUT2D eigenvalue weighted by atomic mass is 16.7. The maximum atomic E-state index is 12.5. The number of para-hydroxylation sites is 1. The molecule has 1 aromatic carbocycles. The van der Waals surface area contributed by atoms with E-state index in [2.05, 4.69) is 0 Å². The molecule has 0 radical (unpaired) electrons. The van der Waals surface area contributed by atoms with Crippen molar-refractivity contribution in [2.24, 2.45) is 0 Å². The fraction of sp³-hybridized carbons (Fsp3) is 0.455. The Balaban J connectivity index is 1.86. The highest BCUT2D eigenvalue weighted by Gasteiger charge is 2.26. The number of amides is 1. The largest absolute Gasteiger partial charge is 0.420 e. The first-order valence-electron chi connectivity index (χ1n) is 9.71. The smallest absolute Gasteiger partial charge is 0.410 e. The Morgan fingerprint density at radius 2 is 1.71 bits per heavy atom. The Kier molecular flexibility index (Phi) is 7.01. The second kappa shape index (κ2) is 9.66. The molecular weight excluding hydrogens is 356 g/mol. The summed E-state index contributed by atoms with van der Waals surface area (Å²) in [7, 11) is 4.84. The van der Waals surface area contributed by atoms with Crippen molar-refractivity contribution < 1.29 is 19.0 Å². The minimum atomic E-state index is -0.574. The van der Waals surface area contributed by atoms with Crippen LogP contribution in [0.3, 0.4) is 0 Å². The predicted octanol–water partition coefficient (Wildman–Crippen LogP) is 5.06. The van der Waals surface area contributed by atoms with Crippen LogP contribution in [0.1, 0.15) is 55.6 Å². The molecule has 1 aliphatic rings. The molecule has 0 bridgehead atoms. The van der Waals surface area contributed by atoms with Crippen LogP contribution in [0.25, 0.3) is 0 Å². The molecule has 6 nitrogen and oxygen atoms in total. The third-order valence-electron chi connectivity index (χ3n) is 5.21. The highest BCUT2D eigenvalue weighted by molar-refractivity contribution is 5.87. The van der Waals surface area contributed by atoms with Gasteiger partial charge >= 0.3 is 6.09 Å². The zero-order valence-corrected chi connectivity index (χ0v) is 16.8. The van der Waals surface area contributed by atoms with E-state index in [1.54, 1.807) is 33.4 Å². The lowest BCUT2D eigenvalue weighted by Gasteiger charge is -2.27. The van der Waals surface area contributed by atoms with Crippen molar-refractivity contribution in [3.05, 3.63) is 53.7 Å². The van der Waals surface area contributed by atoms with E-state index in [0.717, 1.165) is 24.1 Å². The van der Waals surface area contributed by atoms with Gasteiger partial charge in [-0.3, -0.25) is 4.90 Å². The molecule has 0 N–H and O–H groups in total. The maximum absolute atomic E-state index is 12.5. The van der Waals surface area contributed by atoms with Crippen LogP contribution >= 0.6 is 0 Å². The molecule has 0 spiro atoms. The van der Waals surface area contributed by atoms with E-state index >= 15 is 0 Å². The number of hydrogen-bond donors (Lipinski definition) is 0. The first kappa shape index (κ1) is 20.3. The fourth-order valence-corrected chi connectivity index (χ4v) is 3.68. The van der Waals surface area contributed by atoms with Gasteiger partial charge in [0.05, 0.1) is 0 Å². The summed E-state index contributed by atoms with van der Waals surface area (Å²) < 4.78 is 16.4. The Bertz CT molecular complexity index is 771. The molecule has 6 heteroatoms. The van der Waals surface area contributed by atoms with E-state index in [4.69, 9.17) is 19.2 Å². The van der Waals surface area contributed by atoms with Gasteiger partial charge in [-0.05, 0) is 42.5 Å². The van der Waals surface area contributed by atoms with Gasteiger partial charge in [-0.1, -0.05) is 43.5 Å². The summed E-state index contributed by atoms with van der Waals surface area (Å²) >= 11 is 0. The summed E-state index contributed by atoms with van der Waals surface area (Å²) in [5.74, 6) is 1.43. The van der Waals surface area contributed by atoms with Gasteiger partial charge in [0.1, 0.15) is 17.3 Å². The number of aromatic nitrogens is 1. The number of ether oxygens (including phenoxy) is 3. The molecule has 150 valence electrons. The standard InChI is InChI=1S/C22H28N2O4/c1-24(22(25)28-17-12-8-5-9-13-17)19-15-14-18(16-10-6-4-7-11-16)20(23-19)21(26-2)27-3/h5,8-9,12-16,21H,4,6-7,10-11H2,1-3H3. The summed E-state index contributed by atoms with van der Waals surface area (Å²) in [6.45, 7) is 0. The zero-order valence-electron chi connectivity index (χ0n) is 16.8. The number of carbonyl (C=O) groups excluding carboxylic acids is 1. The molecule has 1 aromatic heterocycles. The van der Waals surface area contributed by atoms with Gasteiger partial charge in [0.15, 0.2) is 0 Å². The van der Waals surface area contributed by atoms with Crippen molar-refractivity contribution in [3.8, 4) is 5.75 Å². The number of methoxy groups -OCH3 is 2. The van der Waals surface area contributed by atoms with Crippen molar-refractivity contribution in [1.82, 2.24) is 4.98 Å². The van der Waals surface area contributed by atoms with E-state index < -0.39 is 12.4 Å². The lowest BCUT2D eigenvalue weighted by atomic mass is 9.83. The molecule has 0 saturated heterocycles. The van der Waals surface area contributed by atoms with E-state index in [0.29, 0.717) is 17.5 Å². The molecule has 3 rings (SSSR count). The lowest BCUT2D eigenvalue weighted by molar-refractivity contribution is -0.109. The molecule has 28 heavy (non-hydrogen) atoms. The minimum absolute atomic E-state index is 0.444. The highest BCUT2D eigenvalue weighted by Crippen LogP contribution is 2.37. The minimum Gasteiger partial charge on any atom is -0.410 e. The van der Waals surface area contributed by atoms with Gasteiger partial charge in [0.2, 0.25) is 6.29 Å². The number of pyridine rings is 1. The summed E-state index contributed by atoms with van der Waals surface area (Å²) in [6, 6.07) is 12.9. The van der Waals surface area contributed by atoms with Crippen molar-refractivity contribution in [1.29, 1.82) is 0 Å². The molecule has 1 saturated carbocycles. The van der Waals surface area contributed by atoms with Gasteiger partial charge in [-0.25, -0.2) is 9.78 Å². The normalized spacial score (nSPS) is 14.9. The summed E-state index contributed by atoms with van der Waals surface area (Å²) in [5.41, 5.74) is 1.87. The molecule has 1 aliphatic carbocycles. The van der Waals surface area contributed by atoms with Crippen LogP contribution in [0.4, 0.5) is 10.6 Å². The molecular formula is C22H28N2O4. The maximum Gasteiger partial charge on any atom is 0.420 e. The van der Waals surface area contributed by atoms with Gasteiger partial charge in [0.25, 0.3) is 0 Å². The second-order valence-corrected chi connectivity index (χ2v) is 7.02. The van der Waals surface area contributed by atoms with Crippen LogP contribution in [-0.2, 0) is 9.47 Å². The van der Waals surface area contributed by atoms with E-state index in [-0.39, 0.29) is 0 Å². The first-order valence-corrected chi connectivity index (χ1v) is 9.71. The van der Waals surface area contributed by atoms with E-state index in [1.165, 1.54) is 24.2 Å². The third-order valence-corrected chi connectivity index (χ3v) is 5.21. The molecule has 0 aliphatic heterocycles. The Labute approximate surface area is 166 Å². The molecule has 0 unspecified atom stereocenters. The quantitative estimate of drug-likeness (QED) is 0.652. The fourth-order valence-electron chi connectivity index (χ4n) is 3.68. The van der Waals surface area contributed by atoms with Crippen LogP contribution in [0.15, 0.2) is 42.5 Å². The van der Waals surface area contributed by atoms with Crippen LogP contribution < -0.4 is 9.64 Å². The SMILES string of the molecule is COC(OC)c1nc(N(C)C(=O)Oc2ccccc2)ccc1C1CCCCC1. The Hall–Kier alpha value is -2.44. The lowest BCUT2D eigenvalue weighted by Crippen LogP contribution is -2.30. The number of hydrogen-bond acceptors (Lipinski definition) is 5. The Morgan fingerprint density at radius 1 is 1.04 bits per heavy atom. The van der Waals surface area contributed by atoms with E-state index in [1.807, 2.05) is 30.3 Å². The number of carbonyl (C=O) groups is 1. The first-order chi connectivity index (χ1) is 13.6. The third kappa shape index (κ3) is 4.69. The average Bonchev–Trinajstić information content (AvgIpc) is 2.75. The van der Waals surface area contributed by atoms with Crippen LogP contribution in [0.2, 0.25) is 0 Å². The number of benzene rings is 1. The monoisotopic (exact) mass is 384 g/mol. The van der Waals surface area contributed by atoms with Crippen molar-refractivity contribution >= 4 is 11.9 Å². The molecule has 1 heterocycles. The van der Waals surface area contributed by atoms with Crippen molar-refractivity contribution in [2.75, 3.05) is 26.2 Å². The number of nitrogens with zero attached hydrogens (tertiary/aromatic N) is 2. The molecule has 1 amide bonds. The predicted molar refractivity (Wildman–Crippen MR) is 108 cm³/mol. The Morgan fingerprint density at radius 3 is 2.36 bits per heavy atom. The van der Waals surface area contributed by atoms with Gasteiger partial charge in [0, 0.05) is 21.3 Å². The van der Waals surface area contributed by atoms with Crippen LogP contribution in [0.5, 0.6) is 5.75 Å². The summed E-state index contributed by atoms with van der Waals surface area (Å²) in [4.78, 5) is 18.6. The number of anilines is 1. The van der Waals surface area contributed by atoms with Gasteiger partial charge in [-0.2, -0.15) is 0 Å². The second-order valence-electron chi connectivity index (χ2n) is 7.02. The van der Waals surface area contributed by atoms with Crippen LogP contribution in [-0.4, -0.2) is 32.3 Å². The van der Waals surface area contributed by atoms with Crippen molar-refractivity contribution in [2.45, 2.75) is 44.3 Å². The van der Waals surface area contributed by atoms with Gasteiger partial charge < -0.3 is 14.2 Å². The summed E-state index contributed by atoms with van der Waals surface area (Å²) in [6.07, 6.45) is 4.93. The summed E-state index contributed by atoms with van der Waals surface area (Å²) in [5, 5.41) is 0. The van der Waals surface area contributed by atoms with E-state index in [9.17, 15) is 4.79 Å². The molecule has 0 atom stereocenters.